The average molecular weight is 576 g/mol. The zero-order valence-corrected chi connectivity index (χ0v) is 23.4. The maximum Gasteiger partial charge on any atom is 0.338 e. The summed E-state index contributed by atoms with van der Waals surface area (Å²) in [5.41, 5.74) is 1.06. The normalized spacial score (nSPS) is 14.8. The Hall–Kier alpha value is -4.97. The minimum Gasteiger partial charge on any atom is -0.497 e. The number of hydrogen-bond acceptors (Lipinski definition) is 10. The van der Waals surface area contributed by atoms with Gasteiger partial charge in [0.1, 0.15) is 23.0 Å². The molecule has 0 saturated heterocycles. The molecule has 41 heavy (non-hydrogen) atoms. The summed E-state index contributed by atoms with van der Waals surface area (Å²) in [6.45, 7) is 3.58. The summed E-state index contributed by atoms with van der Waals surface area (Å²) in [6, 6.07) is 14.0. The predicted molar refractivity (Wildman–Crippen MR) is 151 cm³/mol. The lowest BCUT2D eigenvalue weighted by molar-refractivity contribution is -0.384. The number of hydrogen-bond donors (Lipinski definition) is 0. The minimum atomic E-state index is -0.795. The van der Waals surface area contributed by atoms with E-state index in [1.165, 1.54) is 24.9 Å². The van der Waals surface area contributed by atoms with Crippen LogP contribution in [0.5, 0.6) is 11.5 Å². The smallest absolute Gasteiger partial charge is 0.338 e. The Bertz CT molecular complexity index is 1880. The number of rotatable bonds is 8. The van der Waals surface area contributed by atoms with E-state index < -0.39 is 16.9 Å². The van der Waals surface area contributed by atoms with Crippen molar-refractivity contribution in [2.24, 2.45) is 4.99 Å². The van der Waals surface area contributed by atoms with Crippen LogP contribution in [0.15, 0.2) is 80.1 Å². The van der Waals surface area contributed by atoms with Crippen molar-refractivity contribution < 1.29 is 28.3 Å². The number of nitro benzene ring substituents is 1. The molecule has 0 amide bonds. The number of allylic oxidation sites excluding steroid dienone is 1. The highest BCUT2D eigenvalue weighted by atomic mass is 32.1. The SMILES string of the molecule is CCOC(=O)C1=C(C)N=c2s/c(=C\c3ccc(-c4ccc(OC)cc4[N+](=O)[O-])o3)c(=O)n2C1c1cccc(OC)c1. The van der Waals surface area contributed by atoms with Gasteiger partial charge in [-0.3, -0.25) is 19.5 Å². The third-order valence-electron chi connectivity index (χ3n) is 6.49. The zero-order valence-electron chi connectivity index (χ0n) is 22.6. The van der Waals surface area contributed by atoms with E-state index in [0.29, 0.717) is 37.9 Å². The molecule has 12 heteroatoms. The molecule has 1 aliphatic heterocycles. The second-order valence-electron chi connectivity index (χ2n) is 8.92. The fraction of sp³-hybridized carbons (Fsp3) is 0.207. The first kappa shape index (κ1) is 27.6. The van der Waals surface area contributed by atoms with Gasteiger partial charge in [0.15, 0.2) is 4.80 Å². The predicted octanol–water partition coefficient (Wildman–Crippen LogP) is 3.98. The van der Waals surface area contributed by atoms with E-state index in [1.807, 2.05) is 6.07 Å². The molecule has 0 aliphatic carbocycles. The molecule has 210 valence electrons. The van der Waals surface area contributed by atoms with Crippen LogP contribution < -0.4 is 24.4 Å². The highest BCUT2D eigenvalue weighted by molar-refractivity contribution is 7.07. The number of esters is 1. The van der Waals surface area contributed by atoms with E-state index >= 15 is 0 Å². The van der Waals surface area contributed by atoms with Crippen molar-refractivity contribution in [1.82, 2.24) is 4.57 Å². The van der Waals surface area contributed by atoms with Crippen molar-refractivity contribution in [2.75, 3.05) is 20.8 Å². The molecule has 0 fully saturated rings. The third-order valence-corrected chi connectivity index (χ3v) is 7.48. The summed E-state index contributed by atoms with van der Waals surface area (Å²) in [4.78, 5) is 43.0. The molecule has 0 saturated carbocycles. The van der Waals surface area contributed by atoms with E-state index in [4.69, 9.17) is 18.6 Å². The number of carbonyl (C=O) groups is 1. The lowest BCUT2D eigenvalue weighted by atomic mass is 9.95. The Balaban J connectivity index is 1.63. The number of fused-ring (bicyclic) bond motifs is 1. The van der Waals surface area contributed by atoms with Crippen molar-refractivity contribution in [3.63, 3.8) is 0 Å². The maximum absolute atomic E-state index is 13.8. The van der Waals surface area contributed by atoms with Crippen molar-refractivity contribution >= 4 is 29.1 Å². The van der Waals surface area contributed by atoms with Crippen molar-refractivity contribution in [2.45, 2.75) is 19.9 Å². The number of nitro groups is 1. The lowest BCUT2D eigenvalue weighted by Crippen LogP contribution is -2.39. The van der Waals surface area contributed by atoms with Crippen LogP contribution in [0.3, 0.4) is 0 Å². The van der Waals surface area contributed by atoms with Crippen LogP contribution in [0.2, 0.25) is 0 Å². The topological polar surface area (TPSA) is 135 Å². The molecule has 0 N–H and O–H groups in total. The molecular formula is C29H25N3O8S. The summed E-state index contributed by atoms with van der Waals surface area (Å²) in [6.07, 6.45) is 1.55. The number of ether oxygens (including phenoxy) is 3. The Morgan fingerprint density at radius 1 is 1.15 bits per heavy atom. The number of benzene rings is 2. The number of thiazole rings is 1. The molecular weight excluding hydrogens is 550 g/mol. The number of furan rings is 1. The first-order valence-corrected chi connectivity index (χ1v) is 13.3. The third kappa shape index (κ3) is 5.16. The van der Waals surface area contributed by atoms with Crippen LogP contribution >= 0.6 is 11.3 Å². The minimum absolute atomic E-state index is 0.165. The van der Waals surface area contributed by atoms with Gasteiger partial charge in [-0.25, -0.2) is 9.79 Å². The van der Waals surface area contributed by atoms with Gasteiger partial charge in [0.05, 0.1) is 59.2 Å². The van der Waals surface area contributed by atoms with Crippen LogP contribution in [0.1, 0.15) is 31.2 Å². The molecule has 0 bridgehead atoms. The zero-order chi connectivity index (χ0) is 29.3. The van der Waals surface area contributed by atoms with Crippen LogP contribution in [0.4, 0.5) is 5.69 Å². The van der Waals surface area contributed by atoms with E-state index in [9.17, 15) is 19.7 Å². The summed E-state index contributed by atoms with van der Waals surface area (Å²) in [7, 11) is 2.96. The van der Waals surface area contributed by atoms with E-state index in [2.05, 4.69) is 4.99 Å². The fourth-order valence-electron chi connectivity index (χ4n) is 4.62. The van der Waals surface area contributed by atoms with E-state index in [0.717, 1.165) is 11.3 Å². The molecule has 1 aliphatic rings. The van der Waals surface area contributed by atoms with Crippen molar-refractivity contribution in [3.8, 4) is 22.8 Å². The molecule has 3 heterocycles. The summed E-state index contributed by atoms with van der Waals surface area (Å²) < 4.78 is 23.5. The quantitative estimate of drug-likeness (QED) is 0.175. The molecule has 0 radical (unpaired) electrons. The van der Waals surface area contributed by atoms with Gasteiger partial charge < -0.3 is 18.6 Å². The Morgan fingerprint density at radius 3 is 2.61 bits per heavy atom. The van der Waals surface area contributed by atoms with Gasteiger partial charge in [0.25, 0.3) is 11.2 Å². The second kappa shape index (κ2) is 11.3. The monoisotopic (exact) mass is 575 g/mol. The van der Waals surface area contributed by atoms with Crippen molar-refractivity contribution in [3.05, 3.63) is 107 Å². The highest BCUT2D eigenvalue weighted by Crippen LogP contribution is 2.35. The summed E-state index contributed by atoms with van der Waals surface area (Å²) >= 11 is 1.14. The van der Waals surface area contributed by atoms with Gasteiger partial charge in [-0.1, -0.05) is 23.5 Å². The number of aromatic nitrogens is 1. The maximum atomic E-state index is 13.8. The number of nitrogens with zero attached hydrogens (tertiary/aromatic N) is 3. The Kier molecular flexibility index (Phi) is 7.58. The van der Waals surface area contributed by atoms with Gasteiger partial charge in [-0.05, 0) is 55.8 Å². The van der Waals surface area contributed by atoms with Crippen molar-refractivity contribution in [1.29, 1.82) is 0 Å². The average Bonchev–Trinajstić information content (AvgIpc) is 3.56. The largest absolute Gasteiger partial charge is 0.497 e. The summed E-state index contributed by atoms with van der Waals surface area (Å²) in [5, 5.41) is 11.7. The number of carbonyl (C=O) groups excluding carboxylic acids is 1. The molecule has 11 nitrogen and oxygen atoms in total. The van der Waals surface area contributed by atoms with Gasteiger partial charge >= 0.3 is 5.97 Å². The van der Waals surface area contributed by atoms with Crippen LogP contribution in [0, 0.1) is 10.1 Å². The fourth-order valence-corrected chi connectivity index (χ4v) is 5.65. The number of methoxy groups -OCH3 is 2. The molecule has 1 unspecified atom stereocenters. The molecule has 2 aromatic carbocycles. The lowest BCUT2D eigenvalue weighted by Gasteiger charge is -2.24. The van der Waals surface area contributed by atoms with E-state index in [-0.39, 0.29) is 34.8 Å². The van der Waals surface area contributed by atoms with Crippen LogP contribution in [-0.2, 0) is 9.53 Å². The Morgan fingerprint density at radius 2 is 1.90 bits per heavy atom. The second-order valence-corrected chi connectivity index (χ2v) is 9.93. The molecule has 5 rings (SSSR count). The first-order chi connectivity index (χ1) is 19.7. The van der Waals surface area contributed by atoms with E-state index in [1.54, 1.807) is 62.4 Å². The molecule has 2 aromatic heterocycles. The van der Waals surface area contributed by atoms with Gasteiger partial charge in [-0.2, -0.15) is 0 Å². The van der Waals surface area contributed by atoms with Gasteiger partial charge in [0, 0.05) is 6.08 Å². The standard InChI is InChI=1S/C29H25N3O8S/c1-5-39-28(34)25-16(2)30-29-31(26(25)17-7-6-8-18(13-17)37-3)27(33)24(41-29)15-20-10-12-23(40-20)21-11-9-19(38-4)14-22(21)32(35)36/h6-15,26H,5H2,1-4H3/b24-15-. The highest BCUT2D eigenvalue weighted by Gasteiger charge is 2.33. The van der Waals surface area contributed by atoms with Crippen LogP contribution in [0.25, 0.3) is 17.4 Å². The summed E-state index contributed by atoms with van der Waals surface area (Å²) in [5.74, 6) is 0.921. The molecule has 4 aromatic rings. The molecule has 0 spiro atoms. The first-order valence-electron chi connectivity index (χ1n) is 12.5. The molecule has 1 atom stereocenters. The van der Waals surface area contributed by atoms with Gasteiger partial charge in [-0.15, -0.1) is 0 Å². The Labute approximate surface area is 237 Å². The van der Waals surface area contributed by atoms with Crippen LogP contribution in [-0.4, -0.2) is 36.3 Å². The van der Waals surface area contributed by atoms with Gasteiger partial charge in [0.2, 0.25) is 0 Å².